The lowest BCUT2D eigenvalue weighted by molar-refractivity contribution is 0.354. The van der Waals surface area contributed by atoms with Crippen molar-refractivity contribution in [1.29, 1.82) is 0 Å². The molecule has 0 spiro atoms. The molecule has 0 radical (unpaired) electrons. The van der Waals surface area contributed by atoms with Crippen molar-refractivity contribution in [3.05, 3.63) is 23.8 Å². The molecule has 0 aromatic heterocycles. The molecule has 2 atom stereocenters. The van der Waals surface area contributed by atoms with Crippen LogP contribution in [-0.2, 0) is 6.42 Å². The maximum atomic E-state index is 5.36. The maximum absolute atomic E-state index is 5.36. The normalized spacial score (nSPS) is 17.6. The zero-order valence-corrected chi connectivity index (χ0v) is 13.1. The van der Waals surface area contributed by atoms with Crippen molar-refractivity contribution in [3.63, 3.8) is 0 Å². The van der Waals surface area contributed by atoms with E-state index in [0.29, 0.717) is 12.1 Å². The third kappa shape index (κ3) is 4.41. The number of rotatable bonds is 8. The molecule has 1 N–H and O–H groups in total. The Morgan fingerprint density at radius 1 is 1.10 bits per heavy atom. The van der Waals surface area contributed by atoms with Gasteiger partial charge in [0.15, 0.2) is 11.5 Å². The van der Waals surface area contributed by atoms with Crippen molar-refractivity contribution in [2.75, 3.05) is 14.2 Å². The molecule has 3 nitrogen and oxygen atoms in total. The van der Waals surface area contributed by atoms with E-state index in [0.717, 1.165) is 23.8 Å². The highest BCUT2D eigenvalue weighted by atomic mass is 16.5. The Hall–Kier alpha value is -1.22. The maximum Gasteiger partial charge on any atom is 0.160 e. The number of methoxy groups -OCH3 is 2. The van der Waals surface area contributed by atoms with Crippen molar-refractivity contribution in [3.8, 4) is 11.5 Å². The first-order chi connectivity index (χ1) is 9.62. The predicted molar refractivity (Wildman–Crippen MR) is 82.7 cm³/mol. The molecule has 0 aliphatic heterocycles. The van der Waals surface area contributed by atoms with E-state index < -0.39 is 0 Å². The predicted octanol–water partition coefficient (Wildman–Crippen LogP) is 3.41. The van der Waals surface area contributed by atoms with Crippen molar-refractivity contribution in [1.82, 2.24) is 5.32 Å². The molecular formula is C17H27NO2. The van der Waals surface area contributed by atoms with Crippen molar-refractivity contribution < 1.29 is 9.47 Å². The fourth-order valence-corrected chi connectivity index (χ4v) is 2.83. The minimum Gasteiger partial charge on any atom is -0.493 e. The summed E-state index contributed by atoms with van der Waals surface area (Å²) in [6.45, 7) is 4.55. The molecule has 0 heterocycles. The highest BCUT2D eigenvalue weighted by Gasteiger charge is 2.24. The number of hydrogen-bond donors (Lipinski definition) is 1. The second-order valence-corrected chi connectivity index (χ2v) is 6.04. The van der Waals surface area contributed by atoms with E-state index in [2.05, 4.69) is 31.3 Å². The number of nitrogens with one attached hydrogen (secondary N) is 1. The lowest BCUT2D eigenvalue weighted by Crippen LogP contribution is -2.36. The molecule has 20 heavy (non-hydrogen) atoms. The van der Waals surface area contributed by atoms with E-state index in [1.807, 2.05) is 6.07 Å². The summed E-state index contributed by atoms with van der Waals surface area (Å²) in [5.41, 5.74) is 1.28. The van der Waals surface area contributed by atoms with Gasteiger partial charge in [-0.1, -0.05) is 18.9 Å². The topological polar surface area (TPSA) is 30.5 Å². The van der Waals surface area contributed by atoms with Gasteiger partial charge in [0.25, 0.3) is 0 Å². The van der Waals surface area contributed by atoms with Gasteiger partial charge >= 0.3 is 0 Å². The lowest BCUT2D eigenvalue weighted by Gasteiger charge is -2.20. The first-order valence-corrected chi connectivity index (χ1v) is 7.59. The quantitative estimate of drug-likeness (QED) is 0.790. The Balaban J connectivity index is 1.87. The minimum atomic E-state index is 0.474. The van der Waals surface area contributed by atoms with Gasteiger partial charge in [-0.25, -0.2) is 0 Å². The van der Waals surface area contributed by atoms with E-state index >= 15 is 0 Å². The summed E-state index contributed by atoms with van der Waals surface area (Å²) in [4.78, 5) is 0. The highest BCUT2D eigenvalue weighted by molar-refractivity contribution is 5.43. The molecule has 2 rings (SSSR count). The first kappa shape index (κ1) is 15.2. The molecule has 2 unspecified atom stereocenters. The van der Waals surface area contributed by atoms with Gasteiger partial charge < -0.3 is 14.8 Å². The van der Waals surface area contributed by atoms with Crippen LogP contribution in [0.25, 0.3) is 0 Å². The second kappa shape index (κ2) is 6.98. The summed E-state index contributed by atoms with van der Waals surface area (Å²) >= 11 is 0. The van der Waals surface area contributed by atoms with Gasteiger partial charge in [0, 0.05) is 12.1 Å². The molecule has 3 heteroatoms. The van der Waals surface area contributed by atoms with Gasteiger partial charge in [-0.05, 0) is 50.3 Å². The van der Waals surface area contributed by atoms with Crippen LogP contribution in [0.2, 0.25) is 0 Å². The first-order valence-electron chi connectivity index (χ1n) is 7.59. The van der Waals surface area contributed by atoms with Gasteiger partial charge in [0.2, 0.25) is 0 Å². The van der Waals surface area contributed by atoms with Crippen LogP contribution in [-0.4, -0.2) is 26.3 Å². The van der Waals surface area contributed by atoms with Gasteiger partial charge in [-0.3, -0.25) is 0 Å². The Kier molecular flexibility index (Phi) is 5.30. The van der Waals surface area contributed by atoms with Crippen molar-refractivity contribution >= 4 is 0 Å². The largest absolute Gasteiger partial charge is 0.493 e. The van der Waals surface area contributed by atoms with E-state index in [-0.39, 0.29) is 0 Å². The Morgan fingerprint density at radius 3 is 2.40 bits per heavy atom. The molecule has 1 aliphatic carbocycles. The zero-order chi connectivity index (χ0) is 14.5. The molecule has 0 amide bonds. The fraction of sp³-hybridized carbons (Fsp3) is 0.647. The van der Waals surface area contributed by atoms with Crippen LogP contribution >= 0.6 is 0 Å². The van der Waals surface area contributed by atoms with Crippen LogP contribution in [0.4, 0.5) is 0 Å². The van der Waals surface area contributed by atoms with Gasteiger partial charge in [-0.15, -0.1) is 0 Å². The van der Waals surface area contributed by atoms with Crippen LogP contribution in [0.15, 0.2) is 18.2 Å². The zero-order valence-electron chi connectivity index (χ0n) is 13.1. The summed E-state index contributed by atoms with van der Waals surface area (Å²) in [6, 6.07) is 7.25. The molecule has 1 aliphatic rings. The summed E-state index contributed by atoms with van der Waals surface area (Å²) in [5, 5.41) is 3.69. The SMILES string of the molecule is COc1ccc(CC(C)NC(C)CC2CC2)cc1OC. The summed E-state index contributed by atoms with van der Waals surface area (Å²) in [7, 11) is 3.35. The molecule has 0 saturated heterocycles. The van der Waals surface area contributed by atoms with Gasteiger partial charge in [0.05, 0.1) is 14.2 Å². The smallest absolute Gasteiger partial charge is 0.160 e. The standard InChI is InChI=1S/C17H27NO2/c1-12(9-14-5-6-14)18-13(2)10-15-7-8-16(19-3)17(11-15)20-4/h7-8,11-14,18H,5-6,9-10H2,1-4H3. The second-order valence-electron chi connectivity index (χ2n) is 6.04. The summed E-state index contributed by atoms with van der Waals surface area (Å²) in [6.07, 6.45) is 5.18. The van der Waals surface area contributed by atoms with Gasteiger partial charge in [0.1, 0.15) is 0 Å². The van der Waals surface area contributed by atoms with Crippen molar-refractivity contribution in [2.24, 2.45) is 5.92 Å². The average molecular weight is 277 g/mol. The number of hydrogen-bond acceptors (Lipinski definition) is 3. The Labute approximate surface area is 122 Å². The Bertz CT molecular complexity index is 429. The van der Waals surface area contributed by atoms with Gasteiger partial charge in [-0.2, -0.15) is 0 Å². The van der Waals surface area contributed by atoms with E-state index in [4.69, 9.17) is 9.47 Å². The third-order valence-electron chi connectivity index (χ3n) is 3.94. The fourth-order valence-electron chi connectivity index (χ4n) is 2.83. The summed E-state index contributed by atoms with van der Waals surface area (Å²) in [5.74, 6) is 2.58. The van der Waals surface area contributed by atoms with Crippen molar-refractivity contribution in [2.45, 2.75) is 51.6 Å². The average Bonchev–Trinajstić information content (AvgIpc) is 3.22. The lowest BCUT2D eigenvalue weighted by atomic mass is 10.0. The van der Waals surface area contributed by atoms with Crippen LogP contribution in [0.3, 0.4) is 0 Å². The van der Waals surface area contributed by atoms with E-state index in [9.17, 15) is 0 Å². The molecule has 1 aromatic rings. The monoisotopic (exact) mass is 277 g/mol. The van der Waals surface area contributed by atoms with Crippen LogP contribution in [0, 0.1) is 5.92 Å². The molecule has 1 fully saturated rings. The van der Waals surface area contributed by atoms with Crippen LogP contribution in [0.5, 0.6) is 11.5 Å². The highest BCUT2D eigenvalue weighted by Crippen LogP contribution is 2.33. The summed E-state index contributed by atoms with van der Waals surface area (Å²) < 4.78 is 10.6. The third-order valence-corrected chi connectivity index (χ3v) is 3.94. The van der Waals surface area contributed by atoms with Crippen LogP contribution in [0.1, 0.15) is 38.7 Å². The molecular weight excluding hydrogens is 250 g/mol. The van der Waals surface area contributed by atoms with Crippen LogP contribution < -0.4 is 14.8 Å². The molecule has 0 bridgehead atoms. The van der Waals surface area contributed by atoms with E-state index in [1.165, 1.54) is 24.8 Å². The number of ether oxygens (including phenoxy) is 2. The number of benzene rings is 1. The minimum absolute atomic E-state index is 0.474. The molecule has 1 saturated carbocycles. The van der Waals surface area contributed by atoms with E-state index in [1.54, 1.807) is 14.2 Å². The molecule has 1 aromatic carbocycles. The molecule has 112 valence electrons. The Morgan fingerprint density at radius 2 is 1.80 bits per heavy atom.